The molecule has 13 heavy (non-hydrogen) atoms. The molecule has 1 heterocycles. The number of carbonyl (C=O) groups excluding carboxylic acids is 1. The molecule has 0 saturated carbocycles. The summed E-state index contributed by atoms with van der Waals surface area (Å²) in [5, 5.41) is 2.48. The van der Waals surface area contributed by atoms with E-state index >= 15 is 0 Å². The third kappa shape index (κ3) is 3.42. The van der Waals surface area contributed by atoms with Gasteiger partial charge in [-0.2, -0.15) is 0 Å². The first-order chi connectivity index (χ1) is 6.22. The number of halogens is 1. The number of hydrogen-bond acceptors (Lipinski definition) is 3. The molecule has 0 spiro atoms. The molecule has 5 heteroatoms. The van der Waals surface area contributed by atoms with E-state index < -0.39 is 6.09 Å². The highest BCUT2D eigenvalue weighted by atomic mass is 79.9. The zero-order valence-electron chi connectivity index (χ0n) is 7.08. The Morgan fingerprint density at radius 3 is 3.15 bits per heavy atom. The Morgan fingerprint density at radius 1 is 1.77 bits per heavy atom. The monoisotopic (exact) mass is 244 g/mol. The minimum absolute atomic E-state index is 0.347. The molecule has 0 saturated heterocycles. The summed E-state index contributed by atoms with van der Waals surface area (Å²) in [6.45, 7) is 2.09. The molecular weight excluding hydrogens is 236 g/mol. The number of anilines is 1. The second kappa shape index (κ2) is 4.81. The highest BCUT2D eigenvalue weighted by Crippen LogP contribution is 2.12. The number of carbonyl (C=O) groups is 1. The van der Waals surface area contributed by atoms with Crippen molar-refractivity contribution in [3.05, 3.63) is 22.8 Å². The summed E-state index contributed by atoms with van der Waals surface area (Å²) in [7, 11) is 0. The number of nitrogens with one attached hydrogen (secondary N) is 1. The Morgan fingerprint density at radius 2 is 2.54 bits per heavy atom. The molecule has 70 valence electrons. The van der Waals surface area contributed by atoms with Crippen molar-refractivity contribution < 1.29 is 9.53 Å². The van der Waals surface area contributed by atoms with Crippen LogP contribution in [0.5, 0.6) is 0 Å². The van der Waals surface area contributed by atoms with E-state index in [1.807, 2.05) is 0 Å². The fourth-order valence-electron chi connectivity index (χ4n) is 0.745. The van der Waals surface area contributed by atoms with Gasteiger partial charge in [-0.1, -0.05) is 15.9 Å². The Kier molecular flexibility index (Phi) is 3.70. The minimum Gasteiger partial charge on any atom is -0.450 e. The van der Waals surface area contributed by atoms with Crippen molar-refractivity contribution in [2.24, 2.45) is 0 Å². The van der Waals surface area contributed by atoms with E-state index in [1.54, 1.807) is 25.3 Å². The second-order valence-electron chi connectivity index (χ2n) is 2.20. The van der Waals surface area contributed by atoms with E-state index in [2.05, 4.69) is 31.0 Å². The molecule has 0 aliphatic carbocycles. The van der Waals surface area contributed by atoms with Crippen LogP contribution in [0, 0.1) is 0 Å². The predicted molar refractivity (Wildman–Crippen MR) is 52.6 cm³/mol. The molecule has 0 unspecified atom stereocenters. The molecule has 1 aromatic heterocycles. The lowest BCUT2D eigenvalue weighted by atomic mass is 10.5. The van der Waals surface area contributed by atoms with Crippen LogP contribution in [-0.2, 0) is 4.74 Å². The Balaban J connectivity index is 2.58. The zero-order valence-corrected chi connectivity index (χ0v) is 8.67. The Hall–Kier alpha value is -1.10. The molecule has 1 amide bonds. The molecule has 1 N–H and O–H groups in total. The normalized spacial score (nSPS) is 9.38. The van der Waals surface area contributed by atoms with Gasteiger partial charge in [-0.05, 0) is 19.1 Å². The van der Waals surface area contributed by atoms with Crippen LogP contribution in [0.25, 0.3) is 0 Å². The summed E-state index contributed by atoms with van der Waals surface area (Å²) in [4.78, 5) is 14.9. The number of rotatable bonds is 2. The van der Waals surface area contributed by atoms with Gasteiger partial charge >= 0.3 is 6.09 Å². The minimum atomic E-state index is -0.492. The van der Waals surface area contributed by atoms with Gasteiger partial charge in [-0.25, -0.2) is 9.78 Å². The van der Waals surface area contributed by atoms with E-state index in [1.165, 1.54) is 0 Å². The van der Waals surface area contributed by atoms with Crippen LogP contribution >= 0.6 is 15.9 Å². The molecule has 0 atom stereocenters. The highest BCUT2D eigenvalue weighted by molar-refractivity contribution is 9.10. The first kappa shape index (κ1) is 9.98. The van der Waals surface area contributed by atoms with Crippen molar-refractivity contribution in [1.29, 1.82) is 0 Å². The number of pyridine rings is 1. The van der Waals surface area contributed by atoms with Crippen molar-refractivity contribution >= 4 is 27.8 Å². The van der Waals surface area contributed by atoms with Gasteiger partial charge < -0.3 is 4.74 Å². The lowest BCUT2D eigenvalue weighted by Crippen LogP contribution is -2.14. The van der Waals surface area contributed by atoms with Crippen molar-refractivity contribution in [3.8, 4) is 0 Å². The molecule has 4 nitrogen and oxygen atoms in total. The lowest BCUT2D eigenvalue weighted by molar-refractivity contribution is 0.168. The maximum absolute atomic E-state index is 10.9. The third-order valence-corrected chi connectivity index (χ3v) is 1.72. The summed E-state index contributed by atoms with van der Waals surface area (Å²) in [5.41, 5.74) is 0. The van der Waals surface area contributed by atoms with Gasteiger partial charge in [0.25, 0.3) is 0 Å². The van der Waals surface area contributed by atoms with Gasteiger partial charge in [0, 0.05) is 10.7 Å². The van der Waals surface area contributed by atoms with Gasteiger partial charge in [0.1, 0.15) is 5.82 Å². The molecule has 0 bridgehead atoms. The number of hydrogen-bond donors (Lipinski definition) is 1. The number of aromatic nitrogens is 1. The van der Waals surface area contributed by atoms with Crippen LogP contribution in [0.3, 0.4) is 0 Å². The predicted octanol–water partition coefficient (Wildman–Crippen LogP) is 2.41. The summed E-state index contributed by atoms with van der Waals surface area (Å²) in [6, 6.07) is 3.47. The summed E-state index contributed by atoms with van der Waals surface area (Å²) in [5.74, 6) is 0.466. The van der Waals surface area contributed by atoms with Crippen LogP contribution in [-0.4, -0.2) is 17.7 Å². The Bertz CT molecular complexity index is 304. The van der Waals surface area contributed by atoms with Crippen molar-refractivity contribution in [1.82, 2.24) is 4.98 Å². The molecular formula is C8H9BrN2O2. The van der Waals surface area contributed by atoms with Gasteiger partial charge in [0.2, 0.25) is 0 Å². The van der Waals surface area contributed by atoms with Crippen molar-refractivity contribution in [2.75, 3.05) is 11.9 Å². The van der Waals surface area contributed by atoms with E-state index in [0.717, 1.165) is 4.47 Å². The van der Waals surface area contributed by atoms with Crippen LogP contribution in [0.1, 0.15) is 6.92 Å². The van der Waals surface area contributed by atoms with Gasteiger partial charge in [-0.15, -0.1) is 0 Å². The fraction of sp³-hybridized carbons (Fsp3) is 0.250. The largest absolute Gasteiger partial charge is 0.450 e. The molecule has 0 radical (unpaired) electrons. The Labute approximate surface area is 84.4 Å². The van der Waals surface area contributed by atoms with E-state index in [0.29, 0.717) is 12.4 Å². The number of amides is 1. The number of nitrogens with zero attached hydrogens (tertiary/aromatic N) is 1. The first-order valence-corrected chi connectivity index (χ1v) is 4.57. The molecule has 1 rings (SSSR count). The second-order valence-corrected chi connectivity index (χ2v) is 3.12. The topological polar surface area (TPSA) is 51.2 Å². The zero-order chi connectivity index (χ0) is 9.68. The SMILES string of the molecule is CCOC(=O)Nc1cc(Br)ccn1. The van der Waals surface area contributed by atoms with Gasteiger partial charge in [0.05, 0.1) is 6.61 Å². The maximum atomic E-state index is 10.9. The van der Waals surface area contributed by atoms with Crippen LogP contribution in [0.2, 0.25) is 0 Å². The third-order valence-electron chi connectivity index (χ3n) is 1.23. The van der Waals surface area contributed by atoms with E-state index in [4.69, 9.17) is 0 Å². The maximum Gasteiger partial charge on any atom is 0.412 e. The average molecular weight is 245 g/mol. The molecule has 0 fully saturated rings. The lowest BCUT2D eigenvalue weighted by Gasteiger charge is -2.03. The smallest absolute Gasteiger partial charge is 0.412 e. The molecule has 1 aromatic rings. The van der Waals surface area contributed by atoms with E-state index in [9.17, 15) is 4.79 Å². The highest BCUT2D eigenvalue weighted by Gasteiger charge is 2.01. The molecule has 0 aliphatic rings. The fourth-order valence-corrected chi connectivity index (χ4v) is 1.08. The summed E-state index contributed by atoms with van der Waals surface area (Å²) in [6.07, 6.45) is 1.10. The standard InChI is InChI=1S/C8H9BrN2O2/c1-2-13-8(12)11-7-5-6(9)3-4-10-7/h3-5H,2H2,1H3,(H,10,11,12). The van der Waals surface area contributed by atoms with Crippen molar-refractivity contribution in [3.63, 3.8) is 0 Å². The van der Waals surface area contributed by atoms with Crippen molar-refractivity contribution in [2.45, 2.75) is 6.92 Å². The van der Waals surface area contributed by atoms with Crippen LogP contribution in [0.4, 0.5) is 10.6 Å². The first-order valence-electron chi connectivity index (χ1n) is 3.77. The number of ether oxygens (including phenoxy) is 1. The summed E-state index contributed by atoms with van der Waals surface area (Å²) >= 11 is 3.26. The van der Waals surface area contributed by atoms with Crippen LogP contribution in [0.15, 0.2) is 22.8 Å². The summed E-state index contributed by atoms with van der Waals surface area (Å²) < 4.78 is 5.54. The molecule has 0 aromatic carbocycles. The van der Waals surface area contributed by atoms with Gasteiger partial charge in [0.15, 0.2) is 0 Å². The molecule has 0 aliphatic heterocycles. The quantitative estimate of drug-likeness (QED) is 0.870. The van der Waals surface area contributed by atoms with Crippen LogP contribution < -0.4 is 5.32 Å². The van der Waals surface area contributed by atoms with Gasteiger partial charge in [-0.3, -0.25) is 5.32 Å². The van der Waals surface area contributed by atoms with E-state index in [-0.39, 0.29) is 0 Å². The average Bonchev–Trinajstić information content (AvgIpc) is 2.04.